The summed E-state index contributed by atoms with van der Waals surface area (Å²) in [5.41, 5.74) is 2.03. The van der Waals surface area contributed by atoms with E-state index < -0.39 is 23.5 Å². The van der Waals surface area contributed by atoms with E-state index in [1.54, 1.807) is 6.92 Å². The van der Waals surface area contributed by atoms with Crippen LogP contribution in [0.1, 0.15) is 50.2 Å². The van der Waals surface area contributed by atoms with Gasteiger partial charge in [0, 0.05) is 29.7 Å². The fourth-order valence-electron chi connectivity index (χ4n) is 3.83. The quantitative estimate of drug-likeness (QED) is 0.594. The first-order chi connectivity index (χ1) is 14.5. The van der Waals surface area contributed by atoms with Gasteiger partial charge in [-0.15, -0.1) is 0 Å². The standard InChI is InChI=1S/C24H25F2NO3/c1-3-8-21-23(24(29)30-4-2)19(16-9-6-5-7-10-16)14-22(28)27(21)15-17-11-12-18(25)13-20(17)26/h5-7,9-13,19H,3-4,8,14-15H2,1-2H3/t19-/m1/s1. The average Bonchev–Trinajstić information content (AvgIpc) is 2.72. The van der Waals surface area contributed by atoms with Crippen LogP contribution in [-0.4, -0.2) is 23.4 Å². The maximum absolute atomic E-state index is 14.3. The molecule has 2 aromatic rings. The van der Waals surface area contributed by atoms with Gasteiger partial charge in [-0.05, 0) is 25.0 Å². The molecule has 0 unspecified atom stereocenters. The molecule has 158 valence electrons. The third-order valence-electron chi connectivity index (χ3n) is 5.19. The number of allylic oxidation sites excluding steroid dienone is 1. The summed E-state index contributed by atoms with van der Waals surface area (Å²) in [5, 5.41) is 0. The third kappa shape index (κ3) is 4.58. The van der Waals surface area contributed by atoms with Crippen LogP contribution in [0.2, 0.25) is 0 Å². The molecule has 0 radical (unpaired) electrons. The second-order valence-electron chi connectivity index (χ2n) is 7.21. The van der Waals surface area contributed by atoms with E-state index in [0.717, 1.165) is 17.7 Å². The third-order valence-corrected chi connectivity index (χ3v) is 5.19. The van der Waals surface area contributed by atoms with Crippen molar-refractivity contribution in [2.45, 2.75) is 45.6 Å². The summed E-state index contributed by atoms with van der Waals surface area (Å²) < 4.78 is 32.9. The van der Waals surface area contributed by atoms with Crippen LogP contribution in [0.4, 0.5) is 8.78 Å². The smallest absolute Gasteiger partial charge is 0.336 e. The molecular formula is C24H25F2NO3. The van der Waals surface area contributed by atoms with Gasteiger partial charge in [0.15, 0.2) is 0 Å². The number of benzene rings is 2. The number of rotatable bonds is 7. The zero-order valence-corrected chi connectivity index (χ0v) is 17.2. The van der Waals surface area contributed by atoms with Gasteiger partial charge in [0.05, 0.1) is 18.7 Å². The highest BCUT2D eigenvalue weighted by molar-refractivity contribution is 5.96. The Balaban J connectivity index is 2.10. The van der Waals surface area contributed by atoms with E-state index in [-0.39, 0.29) is 31.0 Å². The van der Waals surface area contributed by atoms with Gasteiger partial charge in [0.1, 0.15) is 11.6 Å². The van der Waals surface area contributed by atoms with Crippen molar-refractivity contribution in [2.75, 3.05) is 6.61 Å². The topological polar surface area (TPSA) is 46.6 Å². The van der Waals surface area contributed by atoms with Gasteiger partial charge in [-0.25, -0.2) is 13.6 Å². The van der Waals surface area contributed by atoms with Crippen molar-refractivity contribution < 1.29 is 23.1 Å². The Morgan fingerprint density at radius 2 is 1.87 bits per heavy atom. The highest BCUT2D eigenvalue weighted by Gasteiger charge is 2.38. The monoisotopic (exact) mass is 413 g/mol. The molecule has 0 spiro atoms. The van der Waals surface area contributed by atoms with E-state index in [0.29, 0.717) is 24.1 Å². The molecule has 0 N–H and O–H groups in total. The lowest BCUT2D eigenvalue weighted by Gasteiger charge is -2.36. The molecule has 0 bridgehead atoms. The summed E-state index contributed by atoms with van der Waals surface area (Å²) in [6, 6.07) is 12.7. The molecule has 1 aliphatic heterocycles. The van der Waals surface area contributed by atoms with Crippen molar-refractivity contribution in [1.82, 2.24) is 4.90 Å². The number of hydrogen-bond acceptors (Lipinski definition) is 3. The van der Waals surface area contributed by atoms with Gasteiger partial charge >= 0.3 is 5.97 Å². The van der Waals surface area contributed by atoms with E-state index in [4.69, 9.17) is 4.74 Å². The second kappa shape index (κ2) is 9.65. The Kier molecular flexibility index (Phi) is 6.98. The maximum atomic E-state index is 14.3. The lowest BCUT2D eigenvalue weighted by molar-refractivity contribution is -0.140. The first kappa shape index (κ1) is 21.7. The van der Waals surface area contributed by atoms with E-state index in [1.165, 1.54) is 11.0 Å². The zero-order valence-electron chi connectivity index (χ0n) is 17.2. The fraction of sp³-hybridized carbons (Fsp3) is 0.333. The summed E-state index contributed by atoms with van der Waals surface area (Å²) in [5.74, 6) is -2.49. The molecule has 2 aromatic carbocycles. The lowest BCUT2D eigenvalue weighted by Crippen LogP contribution is -2.39. The molecule has 3 rings (SSSR count). The highest BCUT2D eigenvalue weighted by Crippen LogP contribution is 2.39. The van der Waals surface area contributed by atoms with Crippen LogP contribution in [0.3, 0.4) is 0 Å². The van der Waals surface area contributed by atoms with Crippen LogP contribution in [0.5, 0.6) is 0 Å². The van der Waals surface area contributed by atoms with Crippen LogP contribution in [0, 0.1) is 11.6 Å². The van der Waals surface area contributed by atoms with Crippen molar-refractivity contribution in [3.8, 4) is 0 Å². The van der Waals surface area contributed by atoms with Crippen LogP contribution in [0.25, 0.3) is 0 Å². The van der Waals surface area contributed by atoms with Crippen LogP contribution in [0.15, 0.2) is 59.8 Å². The molecule has 0 saturated carbocycles. The zero-order chi connectivity index (χ0) is 21.7. The molecule has 0 aromatic heterocycles. The number of amides is 1. The average molecular weight is 413 g/mol. The number of carbonyl (C=O) groups excluding carboxylic acids is 2. The molecule has 4 nitrogen and oxygen atoms in total. The normalized spacial score (nSPS) is 16.7. The van der Waals surface area contributed by atoms with E-state index >= 15 is 0 Å². The van der Waals surface area contributed by atoms with Gasteiger partial charge in [-0.2, -0.15) is 0 Å². The Hall–Kier alpha value is -3.02. The van der Waals surface area contributed by atoms with Crippen LogP contribution in [-0.2, 0) is 20.9 Å². The second-order valence-corrected chi connectivity index (χ2v) is 7.21. The van der Waals surface area contributed by atoms with E-state index in [9.17, 15) is 18.4 Å². The van der Waals surface area contributed by atoms with E-state index in [1.807, 2.05) is 37.3 Å². The number of hydrogen-bond donors (Lipinski definition) is 0. The minimum atomic E-state index is -0.721. The number of carbonyl (C=O) groups is 2. The molecular weight excluding hydrogens is 388 g/mol. The molecule has 30 heavy (non-hydrogen) atoms. The van der Waals surface area contributed by atoms with Crippen molar-refractivity contribution in [3.05, 3.63) is 82.6 Å². The molecule has 0 aliphatic carbocycles. The van der Waals surface area contributed by atoms with Gasteiger partial charge in [0.25, 0.3) is 0 Å². The molecule has 1 aliphatic rings. The van der Waals surface area contributed by atoms with Crippen molar-refractivity contribution >= 4 is 11.9 Å². The van der Waals surface area contributed by atoms with E-state index in [2.05, 4.69) is 0 Å². The molecule has 0 saturated heterocycles. The molecule has 1 atom stereocenters. The summed E-state index contributed by atoms with van der Waals surface area (Å²) in [6.07, 6.45) is 1.23. The number of nitrogens with zero attached hydrogens (tertiary/aromatic N) is 1. The predicted octanol–water partition coefficient (Wildman–Crippen LogP) is 5.10. The Morgan fingerprint density at radius 3 is 2.50 bits per heavy atom. The highest BCUT2D eigenvalue weighted by atomic mass is 19.1. The molecule has 1 heterocycles. The SMILES string of the molecule is CCCC1=C(C(=O)OCC)[C@@H](c2ccccc2)CC(=O)N1Cc1ccc(F)cc1F. The molecule has 0 fully saturated rings. The number of ether oxygens (including phenoxy) is 1. The number of esters is 1. The van der Waals surface area contributed by atoms with Crippen molar-refractivity contribution in [2.24, 2.45) is 0 Å². The fourth-order valence-corrected chi connectivity index (χ4v) is 3.83. The summed E-state index contributed by atoms with van der Waals surface area (Å²) in [7, 11) is 0. The largest absolute Gasteiger partial charge is 0.463 e. The Bertz CT molecular complexity index is 956. The van der Waals surface area contributed by atoms with Crippen LogP contribution < -0.4 is 0 Å². The minimum absolute atomic E-state index is 0.0648. The van der Waals surface area contributed by atoms with Crippen molar-refractivity contribution in [1.29, 1.82) is 0 Å². The van der Waals surface area contributed by atoms with Crippen molar-refractivity contribution in [3.63, 3.8) is 0 Å². The van der Waals surface area contributed by atoms with Crippen LogP contribution >= 0.6 is 0 Å². The number of halogens is 2. The Labute approximate surface area is 175 Å². The van der Waals surface area contributed by atoms with Gasteiger partial charge < -0.3 is 9.64 Å². The maximum Gasteiger partial charge on any atom is 0.336 e. The summed E-state index contributed by atoms with van der Waals surface area (Å²) >= 11 is 0. The van der Waals surface area contributed by atoms with Gasteiger partial charge in [-0.1, -0.05) is 49.7 Å². The molecule has 6 heteroatoms. The first-order valence-corrected chi connectivity index (χ1v) is 10.2. The lowest BCUT2D eigenvalue weighted by atomic mass is 9.82. The molecule has 1 amide bonds. The predicted molar refractivity (Wildman–Crippen MR) is 109 cm³/mol. The minimum Gasteiger partial charge on any atom is -0.463 e. The Morgan fingerprint density at radius 1 is 1.13 bits per heavy atom. The van der Waals surface area contributed by atoms with Gasteiger partial charge in [0.2, 0.25) is 5.91 Å². The van der Waals surface area contributed by atoms with Gasteiger partial charge in [-0.3, -0.25) is 4.79 Å². The summed E-state index contributed by atoms with van der Waals surface area (Å²) in [4.78, 5) is 27.5. The summed E-state index contributed by atoms with van der Waals surface area (Å²) in [6.45, 7) is 3.83. The first-order valence-electron chi connectivity index (χ1n) is 10.2.